The molecule has 0 bridgehead atoms. The van der Waals surface area contributed by atoms with Gasteiger partial charge in [0.1, 0.15) is 11.6 Å². The van der Waals surface area contributed by atoms with Crippen LogP contribution in [0.25, 0.3) is 22.0 Å². The third-order valence-corrected chi connectivity index (χ3v) is 10.2. The van der Waals surface area contributed by atoms with E-state index in [0.29, 0.717) is 13.0 Å². The Bertz CT molecular complexity index is 1770. The Morgan fingerprint density at radius 3 is 2.20 bits per heavy atom. The predicted octanol–water partition coefficient (Wildman–Crippen LogP) is 8.46. The van der Waals surface area contributed by atoms with Crippen LogP contribution in [0.4, 0.5) is 4.79 Å². The number of carbonyl (C=O) groups excluding carboxylic acids is 3. The third-order valence-electron chi connectivity index (χ3n) is 10.2. The highest BCUT2D eigenvalue weighted by Crippen LogP contribution is 2.49. The van der Waals surface area contributed by atoms with Crippen LogP contribution in [0.3, 0.4) is 0 Å². The number of unbranched alkanes of at least 4 members (excludes halogenated alkanes) is 1. The van der Waals surface area contributed by atoms with E-state index in [-0.39, 0.29) is 17.8 Å². The van der Waals surface area contributed by atoms with Crippen LogP contribution in [0.15, 0.2) is 78.9 Å². The number of hydrogen-bond acceptors (Lipinski definition) is 5. The summed E-state index contributed by atoms with van der Waals surface area (Å²) in [6, 6.07) is 25.3. The second-order valence-electron chi connectivity index (χ2n) is 14.7. The van der Waals surface area contributed by atoms with E-state index in [1.807, 2.05) is 57.2 Å². The smallest absolute Gasteiger partial charge is 0.411 e. The first-order chi connectivity index (χ1) is 23.6. The fraction of sp³-hybridized carbons (Fsp3) is 0.439. The minimum Gasteiger partial charge on any atom is -0.465 e. The number of rotatable bonds is 9. The van der Waals surface area contributed by atoms with Gasteiger partial charge in [-0.1, -0.05) is 86.1 Å². The number of nitrogens with one attached hydrogen (secondary N) is 1. The molecule has 8 nitrogen and oxygen atoms in total. The van der Waals surface area contributed by atoms with Gasteiger partial charge in [0.05, 0.1) is 18.6 Å². The molecule has 3 atom stereocenters. The Hall–Kier alpha value is -4.59. The zero-order chi connectivity index (χ0) is 34.7. The number of nitrogens with zero attached hydrogens (tertiary/aromatic N) is 1. The highest BCUT2D eigenvalue weighted by atomic mass is 16.6. The van der Waals surface area contributed by atoms with E-state index >= 15 is 0 Å². The normalized spacial score (nSPS) is 21.5. The summed E-state index contributed by atoms with van der Waals surface area (Å²) in [5, 5.41) is 1.04. The highest BCUT2D eigenvalue weighted by Gasteiger charge is 2.48. The summed E-state index contributed by atoms with van der Waals surface area (Å²) in [5.41, 5.74) is 11.4. The first-order valence-corrected chi connectivity index (χ1v) is 17.8. The summed E-state index contributed by atoms with van der Waals surface area (Å²) in [6.45, 7) is 7.98. The third kappa shape index (κ3) is 7.38. The molecule has 2 heterocycles. The zero-order valence-corrected chi connectivity index (χ0v) is 29.1. The molecule has 1 fully saturated rings. The molecular formula is C41H49N3O5. The average Bonchev–Trinajstić information content (AvgIpc) is 3.46. The van der Waals surface area contributed by atoms with Gasteiger partial charge in [-0.15, -0.1) is 0 Å². The van der Waals surface area contributed by atoms with Gasteiger partial charge in [0, 0.05) is 23.0 Å². The number of hydrogen-bond donors (Lipinski definition) is 2. The number of esters is 1. The summed E-state index contributed by atoms with van der Waals surface area (Å²) in [4.78, 5) is 46.0. The molecule has 6 rings (SSSR count). The van der Waals surface area contributed by atoms with Crippen molar-refractivity contribution >= 4 is 28.9 Å². The number of amides is 2. The van der Waals surface area contributed by atoms with Crippen LogP contribution in [0.1, 0.15) is 95.0 Å². The number of benzene rings is 3. The maximum atomic E-state index is 13.9. The minimum atomic E-state index is -0.839. The second kappa shape index (κ2) is 14.5. The standard InChI is InChI=1S/C41H49N3O5/c1-5-6-24-48-39(46)35(28-18-16-27(17-19-28)26-12-8-7-9-13-26)29-20-22-30(23-21-29)37-36-32(31-14-10-11-15-33(31)43-36)25-34(38(42)45)44(37)40(47)49-41(2,3)4/h7-19,29-30,34-35,37,43H,5-6,20-25H2,1-4H3,(H2,42,45). The fourth-order valence-corrected chi connectivity index (χ4v) is 7.89. The van der Waals surface area contributed by atoms with Gasteiger partial charge < -0.3 is 20.2 Å². The van der Waals surface area contributed by atoms with Crippen molar-refractivity contribution in [3.05, 3.63) is 95.7 Å². The quantitative estimate of drug-likeness (QED) is 0.138. The molecule has 0 radical (unpaired) electrons. The van der Waals surface area contributed by atoms with Gasteiger partial charge in [0.2, 0.25) is 5.91 Å². The lowest BCUT2D eigenvalue weighted by Gasteiger charge is -2.46. The number of para-hydroxylation sites is 1. The van der Waals surface area contributed by atoms with Crippen LogP contribution in [0.5, 0.6) is 0 Å². The van der Waals surface area contributed by atoms with Gasteiger partial charge in [0.25, 0.3) is 0 Å². The van der Waals surface area contributed by atoms with Crippen molar-refractivity contribution in [1.29, 1.82) is 0 Å². The summed E-state index contributed by atoms with van der Waals surface area (Å²) >= 11 is 0. The van der Waals surface area contributed by atoms with Gasteiger partial charge in [-0.25, -0.2) is 4.79 Å². The molecule has 1 aliphatic heterocycles. The van der Waals surface area contributed by atoms with Gasteiger partial charge >= 0.3 is 12.1 Å². The second-order valence-corrected chi connectivity index (χ2v) is 14.7. The van der Waals surface area contributed by atoms with Gasteiger partial charge in [-0.05, 0) is 93.0 Å². The van der Waals surface area contributed by atoms with Crippen molar-refractivity contribution in [2.45, 2.75) is 96.2 Å². The summed E-state index contributed by atoms with van der Waals surface area (Å²) in [6.07, 6.45) is 4.63. The molecule has 1 aliphatic carbocycles. The van der Waals surface area contributed by atoms with E-state index in [4.69, 9.17) is 15.2 Å². The van der Waals surface area contributed by atoms with E-state index in [1.165, 1.54) is 0 Å². The van der Waals surface area contributed by atoms with E-state index in [9.17, 15) is 14.4 Å². The molecule has 2 amide bonds. The molecular weight excluding hydrogens is 614 g/mol. The van der Waals surface area contributed by atoms with Crippen LogP contribution in [-0.4, -0.2) is 46.1 Å². The molecule has 3 N–H and O–H groups in total. The molecule has 1 saturated carbocycles. The number of carbonyl (C=O) groups is 3. The number of aromatic amines is 1. The number of ether oxygens (including phenoxy) is 2. The molecule has 0 saturated heterocycles. The van der Waals surface area contributed by atoms with E-state index < -0.39 is 35.6 Å². The molecule has 49 heavy (non-hydrogen) atoms. The fourth-order valence-electron chi connectivity index (χ4n) is 7.89. The Kier molecular flexibility index (Phi) is 10.1. The van der Waals surface area contributed by atoms with Crippen molar-refractivity contribution in [3.8, 4) is 11.1 Å². The molecule has 4 aromatic rings. The highest BCUT2D eigenvalue weighted by molar-refractivity contribution is 5.90. The largest absolute Gasteiger partial charge is 0.465 e. The topological polar surface area (TPSA) is 115 Å². The van der Waals surface area contributed by atoms with Crippen molar-refractivity contribution in [1.82, 2.24) is 9.88 Å². The number of aromatic nitrogens is 1. The minimum absolute atomic E-state index is 0.0231. The van der Waals surface area contributed by atoms with Gasteiger partial charge in [-0.2, -0.15) is 0 Å². The predicted molar refractivity (Wildman–Crippen MR) is 192 cm³/mol. The van der Waals surface area contributed by atoms with Crippen molar-refractivity contribution < 1.29 is 23.9 Å². The molecule has 3 unspecified atom stereocenters. The molecule has 3 aromatic carbocycles. The lowest BCUT2D eigenvalue weighted by molar-refractivity contribution is -0.147. The van der Waals surface area contributed by atoms with E-state index in [2.05, 4.69) is 54.4 Å². The number of H-pyrrole nitrogens is 1. The Morgan fingerprint density at radius 2 is 1.55 bits per heavy atom. The van der Waals surface area contributed by atoms with Crippen LogP contribution in [0, 0.1) is 11.8 Å². The molecule has 258 valence electrons. The van der Waals surface area contributed by atoms with Crippen molar-refractivity contribution in [2.24, 2.45) is 17.6 Å². The molecule has 0 spiro atoms. The van der Waals surface area contributed by atoms with Crippen molar-refractivity contribution in [2.75, 3.05) is 6.61 Å². The van der Waals surface area contributed by atoms with Crippen LogP contribution in [-0.2, 0) is 25.5 Å². The molecule has 1 aromatic heterocycles. The van der Waals surface area contributed by atoms with Crippen LogP contribution in [0.2, 0.25) is 0 Å². The van der Waals surface area contributed by atoms with Gasteiger partial charge in [-0.3, -0.25) is 14.5 Å². The van der Waals surface area contributed by atoms with Crippen LogP contribution < -0.4 is 5.73 Å². The maximum Gasteiger partial charge on any atom is 0.411 e. The first kappa shape index (κ1) is 34.3. The average molecular weight is 664 g/mol. The Balaban J connectivity index is 1.31. The first-order valence-electron chi connectivity index (χ1n) is 17.8. The van der Waals surface area contributed by atoms with E-state index in [0.717, 1.165) is 77.4 Å². The van der Waals surface area contributed by atoms with Crippen LogP contribution >= 0.6 is 0 Å². The maximum absolute atomic E-state index is 13.9. The Morgan fingerprint density at radius 1 is 0.898 bits per heavy atom. The number of primary amides is 1. The van der Waals surface area contributed by atoms with Gasteiger partial charge in [0.15, 0.2) is 0 Å². The van der Waals surface area contributed by atoms with E-state index in [1.54, 1.807) is 4.90 Å². The lowest BCUT2D eigenvalue weighted by atomic mass is 9.70. The summed E-state index contributed by atoms with van der Waals surface area (Å²) in [7, 11) is 0. The zero-order valence-electron chi connectivity index (χ0n) is 29.1. The summed E-state index contributed by atoms with van der Waals surface area (Å²) in [5.74, 6) is -1.02. The molecule has 2 aliphatic rings. The Labute approximate surface area is 289 Å². The SMILES string of the molecule is CCCCOC(=O)C(c1ccc(-c2ccccc2)cc1)C1CCC(C2c3[nH]c4ccccc4c3CC(C(N)=O)N2C(=O)OC(C)(C)C)CC1. The monoisotopic (exact) mass is 663 g/mol. The van der Waals surface area contributed by atoms with Crippen molar-refractivity contribution in [3.63, 3.8) is 0 Å². The lowest BCUT2D eigenvalue weighted by Crippen LogP contribution is -2.56. The summed E-state index contributed by atoms with van der Waals surface area (Å²) < 4.78 is 11.8. The number of nitrogens with two attached hydrogens (primary N) is 1. The number of fused-ring (bicyclic) bond motifs is 3. The molecule has 8 heteroatoms.